The first-order valence-corrected chi connectivity index (χ1v) is 11.3. The number of thiazole rings is 1. The van der Waals surface area contributed by atoms with E-state index >= 15 is 0 Å². The van der Waals surface area contributed by atoms with E-state index in [4.69, 9.17) is 4.99 Å². The van der Waals surface area contributed by atoms with Crippen LogP contribution in [0, 0.1) is 13.8 Å². The highest BCUT2D eigenvalue weighted by atomic mass is 32.1. The Bertz CT molecular complexity index is 1280. The second-order valence-electron chi connectivity index (χ2n) is 7.86. The van der Waals surface area contributed by atoms with E-state index in [0.29, 0.717) is 17.8 Å². The summed E-state index contributed by atoms with van der Waals surface area (Å²) in [6.07, 6.45) is 1.73. The van der Waals surface area contributed by atoms with Crippen LogP contribution in [0.2, 0.25) is 0 Å². The van der Waals surface area contributed by atoms with Crippen molar-refractivity contribution in [3.63, 3.8) is 0 Å². The largest absolute Gasteiger partial charge is 0.310 e. The van der Waals surface area contributed by atoms with Gasteiger partial charge in [-0.25, -0.2) is 13.8 Å². The molecular weight excluding hydrogens is 428 g/mol. The maximum Gasteiger partial charge on any atom is 0.282 e. The zero-order valence-electron chi connectivity index (χ0n) is 18.5. The summed E-state index contributed by atoms with van der Waals surface area (Å²) in [6, 6.07) is 10.1. The van der Waals surface area contributed by atoms with Crippen LogP contribution in [0.4, 0.5) is 14.5 Å². The minimum atomic E-state index is -2.67. The van der Waals surface area contributed by atoms with Crippen LogP contribution in [0.5, 0.6) is 0 Å². The van der Waals surface area contributed by atoms with Crippen LogP contribution in [-0.2, 0) is 20.0 Å². The van der Waals surface area contributed by atoms with Crippen LogP contribution in [0.1, 0.15) is 41.4 Å². The standard InChI is InChI=1S/C24H25F2N5S/c1-5-17-6-7-18(27-11-17)12-31-21(20-13-30(4)29-22(20)23(25)26)14-32-24(31)28-19-9-15(2)8-16(3)10-19/h6-11,13-14,23H,5,12H2,1-4H3. The van der Waals surface area contributed by atoms with E-state index in [-0.39, 0.29) is 5.69 Å². The molecule has 0 aliphatic heterocycles. The molecule has 0 saturated heterocycles. The molecule has 0 aliphatic rings. The smallest absolute Gasteiger partial charge is 0.282 e. The maximum absolute atomic E-state index is 13.7. The van der Waals surface area contributed by atoms with Crippen molar-refractivity contribution < 1.29 is 8.78 Å². The SMILES string of the molecule is CCc1ccc(Cn2c(-c3cn(C)nc3C(F)F)csc2=Nc2cc(C)cc(C)c2)nc1. The molecule has 32 heavy (non-hydrogen) atoms. The van der Waals surface area contributed by atoms with Gasteiger partial charge in [-0.05, 0) is 55.2 Å². The van der Waals surface area contributed by atoms with Crippen molar-refractivity contribution in [3.8, 4) is 11.3 Å². The Morgan fingerprint density at radius 2 is 1.88 bits per heavy atom. The highest BCUT2D eigenvalue weighted by Gasteiger charge is 2.22. The van der Waals surface area contributed by atoms with Gasteiger partial charge >= 0.3 is 0 Å². The number of aryl methyl sites for hydroxylation is 4. The minimum Gasteiger partial charge on any atom is -0.310 e. The van der Waals surface area contributed by atoms with E-state index in [1.54, 1.807) is 13.2 Å². The molecule has 4 aromatic rings. The predicted octanol–water partition coefficient (Wildman–Crippen LogP) is 5.74. The van der Waals surface area contributed by atoms with E-state index < -0.39 is 6.43 Å². The number of hydrogen-bond acceptors (Lipinski definition) is 4. The van der Waals surface area contributed by atoms with Crippen molar-refractivity contribution in [2.75, 3.05) is 0 Å². The summed E-state index contributed by atoms with van der Waals surface area (Å²) in [4.78, 5) is 10.1. The molecule has 1 aromatic carbocycles. The molecule has 0 N–H and O–H groups in total. The zero-order valence-corrected chi connectivity index (χ0v) is 19.3. The fourth-order valence-corrected chi connectivity index (χ4v) is 4.62. The molecule has 3 heterocycles. The fourth-order valence-electron chi connectivity index (χ4n) is 3.70. The van der Waals surface area contributed by atoms with Gasteiger partial charge in [-0.1, -0.05) is 19.1 Å². The molecule has 0 aliphatic carbocycles. The molecular formula is C24H25F2N5S. The number of nitrogens with zero attached hydrogens (tertiary/aromatic N) is 5. The highest BCUT2D eigenvalue weighted by Crippen LogP contribution is 2.31. The number of alkyl halides is 2. The Morgan fingerprint density at radius 1 is 1.12 bits per heavy atom. The van der Waals surface area contributed by atoms with Crippen molar-refractivity contribution in [1.82, 2.24) is 19.3 Å². The van der Waals surface area contributed by atoms with Crippen LogP contribution in [0.3, 0.4) is 0 Å². The molecule has 0 bridgehead atoms. The Kier molecular flexibility index (Phi) is 6.32. The quantitative estimate of drug-likeness (QED) is 0.374. The number of benzene rings is 1. The van der Waals surface area contributed by atoms with Gasteiger partial charge in [-0.3, -0.25) is 9.67 Å². The first kappa shape index (κ1) is 22.1. The van der Waals surface area contributed by atoms with Crippen LogP contribution in [-0.4, -0.2) is 19.3 Å². The summed E-state index contributed by atoms with van der Waals surface area (Å²) >= 11 is 1.42. The Labute approximate surface area is 189 Å². The molecule has 5 nitrogen and oxygen atoms in total. The molecule has 0 radical (unpaired) electrons. The lowest BCUT2D eigenvalue weighted by Crippen LogP contribution is -2.17. The molecule has 0 unspecified atom stereocenters. The molecule has 166 valence electrons. The Balaban J connectivity index is 1.88. The first-order valence-electron chi connectivity index (χ1n) is 10.4. The molecule has 4 rings (SSSR count). The maximum atomic E-state index is 13.7. The van der Waals surface area contributed by atoms with Crippen LogP contribution >= 0.6 is 11.3 Å². The van der Waals surface area contributed by atoms with E-state index in [1.807, 2.05) is 54.3 Å². The van der Waals surface area contributed by atoms with Crippen LogP contribution < -0.4 is 4.80 Å². The summed E-state index contributed by atoms with van der Waals surface area (Å²) in [6.45, 7) is 6.56. The topological polar surface area (TPSA) is 48.0 Å². The first-order chi connectivity index (χ1) is 15.3. The minimum absolute atomic E-state index is 0.230. The second kappa shape index (κ2) is 9.16. The van der Waals surface area contributed by atoms with Gasteiger partial charge in [0.2, 0.25) is 0 Å². The third kappa shape index (κ3) is 4.70. The number of aromatic nitrogens is 4. The van der Waals surface area contributed by atoms with Crippen LogP contribution in [0.15, 0.2) is 53.1 Å². The summed E-state index contributed by atoms with van der Waals surface area (Å²) in [5, 5.41) is 5.85. The zero-order chi connectivity index (χ0) is 22.8. The van der Waals surface area contributed by atoms with Gasteiger partial charge in [-0.15, -0.1) is 11.3 Å². The van der Waals surface area contributed by atoms with Gasteiger partial charge in [0.05, 0.1) is 23.6 Å². The lowest BCUT2D eigenvalue weighted by atomic mass is 10.1. The van der Waals surface area contributed by atoms with Gasteiger partial charge in [0.15, 0.2) is 4.80 Å². The average molecular weight is 454 g/mol. The van der Waals surface area contributed by atoms with Crippen molar-refractivity contribution in [2.24, 2.45) is 12.0 Å². The lowest BCUT2D eigenvalue weighted by molar-refractivity contribution is 0.146. The van der Waals surface area contributed by atoms with Gasteiger partial charge in [-0.2, -0.15) is 5.10 Å². The van der Waals surface area contributed by atoms with E-state index in [2.05, 4.69) is 23.1 Å². The predicted molar refractivity (Wildman–Crippen MR) is 123 cm³/mol. The van der Waals surface area contributed by atoms with E-state index in [9.17, 15) is 8.78 Å². The van der Waals surface area contributed by atoms with Crippen molar-refractivity contribution >= 4 is 17.0 Å². The molecule has 0 atom stereocenters. The van der Waals surface area contributed by atoms with Gasteiger partial charge in [0.25, 0.3) is 6.43 Å². The third-order valence-electron chi connectivity index (χ3n) is 5.18. The monoisotopic (exact) mass is 453 g/mol. The lowest BCUT2D eigenvalue weighted by Gasteiger charge is -2.10. The fraction of sp³-hybridized carbons (Fsp3) is 0.292. The van der Waals surface area contributed by atoms with Crippen molar-refractivity contribution in [2.45, 2.75) is 40.2 Å². The molecule has 0 saturated carbocycles. The van der Waals surface area contributed by atoms with Crippen LogP contribution in [0.25, 0.3) is 11.3 Å². The average Bonchev–Trinajstić information content (AvgIpc) is 3.31. The number of pyridine rings is 1. The molecule has 3 aromatic heterocycles. The summed E-state index contributed by atoms with van der Waals surface area (Å²) in [5.41, 5.74) is 5.90. The number of halogens is 2. The van der Waals surface area contributed by atoms with Gasteiger partial charge < -0.3 is 4.57 Å². The van der Waals surface area contributed by atoms with E-state index in [1.165, 1.54) is 16.0 Å². The molecule has 8 heteroatoms. The normalized spacial score (nSPS) is 12.2. The second-order valence-corrected chi connectivity index (χ2v) is 8.70. The van der Waals surface area contributed by atoms with Crippen molar-refractivity contribution in [3.05, 3.63) is 81.0 Å². The molecule has 0 fully saturated rings. The molecule has 0 spiro atoms. The summed E-state index contributed by atoms with van der Waals surface area (Å²) < 4.78 is 30.8. The van der Waals surface area contributed by atoms with Gasteiger partial charge in [0, 0.05) is 30.4 Å². The Morgan fingerprint density at radius 3 is 2.50 bits per heavy atom. The van der Waals surface area contributed by atoms with E-state index in [0.717, 1.165) is 39.3 Å². The Hall–Kier alpha value is -3.13. The van der Waals surface area contributed by atoms with Crippen molar-refractivity contribution in [1.29, 1.82) is 0 Å². The third-order valence-corrected chi connectivity index (χ3v) is 6.05. The number of hydrogen-bond donors (Lipinski definition) is 0. The number of rotatable bonds is 6. The molecule has 0 amide bonds. The highest BCUT2D eigenvalue weighted by molar-refractivity contribution is 7.07. The summed E-state index contributed by atoms with van der Waals surface area (Å²) in [7, 11) is 1.65. The summed E-state index contributed by atoms with van der Waals surface area (Å²) in [5.74, 6) is 0. The van der Waals surface area contributed by atoms with Gasteiger partial charge in [0.1, 0.15) is 5.69 Å².